The minimum atomic E-state index is 0.607. The third kappa shape index (κ3) is 4.55. The molecule has 2 aromatic heterocycles. The van der Waals surface area contributed by atoms with E-state index in [1.807, 2.05) is 78.9 Å². The van der Waals surface area contributed by atoms with Gasteiger partial charge in [-0.25, -0.2) is 15.0 Å². The Kier molecular flexibility index (Phi) is 6.08. The molecule has 0 unspecified atom stereocenters. The predicted octanol–water partition coefficient (Wildman–Crippen LogP) is 10.1. The van der Waals surface area contributed by atoms with Crippen molar-refractivity contribution in [1.29, 1.82) is 0 Å². The molecule has 4 nitrogen and oxygen atoms in total. The highest BCUT2D eigenvalue weighted by Gasteiger charge is 2.18. The second-order valence-electron chi connectivity index (χ2n) is 10.4. The zero-order valence-corrected chi connectivity index (χ0v) is 23.2. The molecular formula is C39H25N3O. The molecule has 0 bridgehead atoms. The van der Waals surface area contributed by atoms with Gasteiger partial charge >= 0.3 is 0 Å². The van der Waals surface area contributed by atoms with Crippen molar-refractivity contribution in [3.05, 3.63) is 152 Å². The Balaban J connectivity index is 1.35. The minimum absolute atomic E-state index is 0.607. The molecular weight excluding hydrogens is 526 g/mol. The number of benzene rings is 6. The Morgan fingerprint density at radius 1 is 0.349 bits per heavy atom. The monoisotopic (exact) mass is 551 g/mol. The van der Waals surface area contributed by atoms with Crippen LogP contribution in [0.15, 0.2) is 156 Å². The number of nitrogens with zero attached hydrogens (tertiary/aromatic N) is 3. The first-order chi connectivity index (χ1) is 21.3. The maximum Gasteiger partial charge on any atom is 0.164 e. The van der Waals surface area contributed by atoms with Gasteiger partial charge in [-0.15, -0.1) is 0 Å². The van der Waals surface area contributed by atoms with Gasteiger partial charge in [0, 0.05) is 27.5 Å². The Bertz CT molecular complexity index is 2170. The Morgan fingerprint density at radius 2 is 0.860 bits per heavy atom. The van der Waals surface area contributed by atoms with E-state index in [9.17, 15) is 0 Å². The van der Waals surface area contributed by atoms with Crippen molar-refractivity contribution in [3.63, 3.8) is 0 Å². The summed E-state index contributed by atoms with van der Waals surface area (Å²) in [6.07, 6.45) is 0. The lowest BCUT2D eigenvalue weighted by Crippen LogP contribution is -2.00. The first-order valence-corrected chi connectivity index (χ1v) is 14.3. The summed E-state index contributed by atoms with van der Waals surface area (Å²) in [4.78, 5) is 14.9. The molecule has 0 amide bonds. The molecule has 0 aliphatic heterocycles. The van der Waals surface area contributed by atoms with Crippen LogP contribution in [0.25, 0.3) is 78.4 Å². The zero-order valence-electron chi connectivity index (χ0n) is 23.2. The first kappa shape index (κ1) is 24.9. The van der Waals surface area contributed by atoms with E-state index in [0.717, 1.165) is 44.2 Å². The van der Waals surface area contributed by atoms with Crippen LogP contribution in [-0.4, -0.2) is 15.0 Å². The summed E-state index contributed by atoms with van der Waals surface area (Å²) < 4.78 is 6.38. The Hall–Kier alpha value is -5.87. The number of hydrogen-bond donors (Lipinski definition) is 0. The van der Waals surface area contributed by atoms with Crippen molar-refractivity contribution in [2.45, 2.75) is 0 Å². The molecule has 8 rings (SSSR count). The van der Waals surface area contributed by atoms with Gasteiger partial charge in [-0.2, -0.15) is 0 Å². The van der Waals surface area contributed by atoms with Crippen LogP contribution >= 0.6 is 0 Å². The van der Waals surface area contributed by atoms with Crippen LogP contribution in [-0.2, 0) is 0 Å². The summed E-state index contributed by atoms with van der Waals surface area (Å²) in [5, 5.41) is 2.01. The average Bonchev–Trinajstić information content (AvgIpc) is 3.47. The van der Waals surface area contributed by atoms with Crippen LogP contribution in [0, 0.1) is 0 Å². The quantitative estimate of drug-likeness (QED) is 0.214. The van der Waals surface area contributed by atoms with Gasteiger partial charge in [0.15, 0.2) is 17.5 Å². The molecule has 0 aliphatic carbocycles. The minimum Gasteiger partial charge on any atom is -0.456 e. The number of aromatic nitrogens is 3. The molecule has 4 heteroatoms. The van der Waals surface area contributed by atoms with Crippen LogP contribution < -0.4 is 0 Å². The van der Waals surface area contributed by atoms with Crippen molar-refractivity contribution in [1.82, 2.24) is 15.0 Å². The van der Waals surface area contributed by atoms with Gasteiger partial charge in [-0.05, 0) is 40.5 Å². The molecule has 0 fully saturated rings. The maximum absolute atomic E-state index is 6.38. The van der Waals surface area contributed by atoms with Crippen molar-refractivity contribution in [3.8, 4) is 56.4 Å². The second kappa shape index (κ2) is 10.5. The highest BCUT2D eigenvalue weighted by Crippen LogP contribution is 2.40. The molecule has 0 saturated heterocycles. The highest BCUT2D eigenvalue weighted by atomic mass is 16.3. The van der Waals surface area contributed by atoms with Crippen LogP contribution in [0.4, 0.5) is 0 Å². The largest absolute Gasteiger partial charge is 0.456 e. The smallest absolute Gasteiger partial charge is 0.164 e. The molecule has 202 valence electrons. The van der Waals surface area contributed by atoms with Crippen molar-refractivity contribution >= 4 is 21.9 Å². The van der Waals surface area contributed by atoms with Crippen LogP contribution in [0.5, 0.6) is 0 Å². The topological polar surface area (TPSA) is 51.8 Å². The number of fused-ring (bicyclic) bond motifs is 3. The van der Waals surface area contributed by atoms with Gasteiger partial charge in [0.1, 0.15) is 11.2 Å². The predicted molar refractivity (Wildman–Crippen MR) is 174 cm³/mol. The summed E-state index contributed by atoms with van der Waals surface area (Å²) in [7, 11) is 0. The third-order valence-corrected chi connectivity index (χ3v) is 7.76. The van der Waals surface area contributed by atoms with E-state index in [4.69, 9.17) is 19.4 Å². The van der Waals surface area contributed by atoms with Gasteiger partial charge in [0.2, 0.25) is 0 Å². The summed E-state index contributed by atoms with van der Waals surface area (Å²) >= 11 is 0. The molecule has 43 heavy (non-hydrogen) atoms. The van der Waals surface area contributed by atoms with Gasteiger partial charge in [-0.3, -0.25) is 0 Å². The van der Waals surface area contributed by atoms with Crippen molar-refractivity contribution in [2.24, 2.45) is 0 Å². The molecule has 6 aromatic carbocycles. The standard InChI is InChI=1S/C39H25N3O/c1-4-13-26(14-5-1)30-19-10-11-20-31(30)29-23-24-34-33(25-29)36-32(21-12-22-35(36)43-34)39-41-37(27-15-6-2-7-16-27)40-38(42-39)28-17-8-3-9-18-28/h1-25H. The summed E-state index contributed by atoms with van der Waals surface area (Å²) in [5.41, 5.74) is 9.06. The average molecular weight is 552 g/mol. The van der Waals surface area contributed by atoms with Gasteiger partial charge in [0.25, 0.3) is 0 Å². The van der Waals surface area contributed by atoms with Crippen LogP contribution in [0.3, 0.4) is 0 Å². The molecule has 0 spiro atoms. The molecule has 0 saturated carbocycles. The molecule has 0 atom stereocenters. The lowest BCUT2D eigenvalue weighted by Gasteiger charge is -2.11. The molecule has 2 heterocycles. The zero-order chi connectivity index (χ0) is 28.6. The van der Waals surface area contributed by atoms with E-state index in [0.29, 0.717) is 17.5 Å². The summed E-state index contributed by atoms with van der Waals surface area (Å²) in [6, 6.07) is 51.6. The normalized spacial score (nSPS) is 11.3. The van der Waals surface area contributed by atoms with E-state index < -0.39 is 0 Å². The number of furan rings is 1. The lowest BCUT2D eigenvalue weighted by atomic mass is 9.93. The van der Waals surface area contributed by atoms with Crippen LogP contribution in [0.2, 0.25) is 0 Å². The molecule has 0 radical (unpaired) electrons. The maximum atomic E-state index is 6.38. The Morgan fingerprint density at radius 3 is 1.49 bits per heavy atom. The van der Waals surface area contributed by atoms with Crippen molar-refractivity contribution < 1.29 is 4.42 Å². The molecule has 0 N–H and O–H groups in total. The fraction of sp³-hybridized carbons (Fsp3) is 0. The molecule has 8 aromatic rings. The fourth-order valence-corrected chi connectivity index (χ4v) is 5.71. The van der Waals surface area contributed by atoms with E-state index >= 15 is 0 Å². The third-order valence-electron chi connectivity index (χ3n) is 7.76. The SMILES string of the molecule is c1ccc(-c2nc(-c3ccccc3)nc(-c3cccc4oc5ccc(-c6ccccc6-c6ccccc6)cc5c34)n2)cc1. The van der Waals surface area contributed by atoms with Crippen molar-refractivity contribution in [2.75, 3.05) is 0 Å². The van der Waals surface area contributed by atoms with E-state index in [-0.39, 0.29) is 0 Å². The van der Waals surface area contributed by atoms with E-state index in [2.05, 4.69) is 72.8 Å². The van der Waals surface area contributed by atoms with Gasteiger partial charge in [-0.1, -0.05) is 133 Å². The fourth-order valence-electron chi connectivity index (χ4n) is 5.71. The Labute approximate surface area is 249 Å². The highest BCUT2D eigenvalue weighted by molar-refractivity contribution is 6.13. The lowest BCUT2D eigenvalue weighted by molar-refractivity contribution is 0.669. The second-order valence-corrected chi connectivity index (χ2v) is 10.4. The van der Waals surface area contributed by atoms with Gasteiger partial charge in [0.05, 0.1) is 0 Å². The van der Waals surface area contributed by atoms with Gasteiger partial charge < -0.3 is 4.42 Å². The van der Waals surface area contributed by atoms with E-state index in [1.54, 1.807) is 0 Å². The first-order valence-electron chi connectivity index (χ1n) is 14.3. The van der Waals surface area contributed by atoms with E-state index in [1.165, 1.54) is 16.7 Å². The summed E-state index contributed by atoms with van der Waals surface area (Å²) in [6.45, 7) is 0. The van der Waals surface area contributed by atoms with Crippen LogP contribution in [0.1, 0.15) is 0 Å². The number of rotatable bonds is 5. The summed E-state index contributed by atoms with van der Waals surface area (Å²) in [5.74, 6) is 1.87. The molecule has 0 aliphatic rings. The number of hydrogen-bond acceptors (Lipinski definition) is 4.